The highest BCUT2D eigenvalue weighted by Gasteiger charge is 2.28. The van der Waals surface area contributed by atoms with Crippen LogP contribution in [0.5, 0.6) is 0 Å². The minimum atomic E-state index is -3.55. The number of benzene rings is 1. The Morgan fingerprint density at radius 2 is 1.56 bits per heavy atom. The van der Waals surface area contributed by atoms with E-state index in [0.717, 1.165) is 43.7 Å². The molecule has 0 saturated heterocycles. The molecule has 0 bridgehead atoms. The summed E-state index contributed by atoms with van der Waals surface area (Å²) in [5.74, 6) is -1.86. The summed E-state index contributed by atoms with van der Waals surface area (Å²) in [5, 5.41) is 3.46. The number of nitrogens with zero attached hydrogens (tertiary/aromatic N) is 3. The van der Waals surface area contributed by atoms with Crippen LogP contribution >= 0.6 is 0 Å². The average Bonchev–Trinajstić information content (AvgIpc) is 3.50. The first-order chi connectivity index (χ1) is 27.2. The zero-order valence-corrected chi connectivity index (χ0v) is 34.9. The van der Waals surface area contributed by atoms with E-state index in [2.05, 4.69) is 21.9 Å². The Morgan fingerprint density at radius 3 is 2.26 bits per heavy atom. The van der Waals surface area contributed by atoms with Crippen molar-refractivity contribution in [3.63, 3.8) is 0 Å². The van der Waals surface area contributed by atoms with Crippen LogP contribution in [0.15, 0.2) is 24.3 Å². The van der Waals surface area contributed by atoms with Gasteiger partial charge in [-0.3, -0.25) is 9.59 Å². The number of pyridine rings is 1. The largest absolute Gasteiger partial charge is 0.463 e. The normalized spacial score (nSPS) is 12.5. The summed E-state index contributed by atoms with van der Waals surface area (Å²) >= 11 is 0. The monoisotopic (exact) mass is 821 g/mol. The molecule has 2 N–H and O–H groups in total. The SMILES string of the molecule is CCCCCCC(=O)OCCOCCOC(=O)C(CCCC)OC(=O)COCC(=O)Nc1nc2ccccc2c2c1nc(COCC)n2CC(C)(C)NS(C)(=O)=O. The van der Waals surface area contributed by atoms with Gasteiger partial charge in [0.05, 0.1) is 30.5 Å². The lowest BCUT2D eigenvalue weighted by Gasteiger charge is -2.27. The summed E-state index contributed by atoms with van der Waals surface area (Å²) in [6.45, 7) is 9.17. The smallest absolute Gasteiger partial charge is 0.347 e. The average molecular weight is 822 g/mol. The van der Waals surface area contributed by atoms with Crippen LogP contribution in [0.2, 0.25) is 0 Å². The van der Waals surface area contributed by atoms with Crippen LogP contribution in [0.1, 0.15) is 91.8 Å². The number of hydrogen-bond acceptors (Lipinski definition) is 14. The van der Waals surface area contributed by atoms with E-state index < -0.39 is 52.7 Å². The molecular formula is C39H59N5O12S. The maximum absolute atomic E-state index is 13.1. The predicted molar refractivity (Wildman–Crippen MR) is 213 cm³/mol. The van der Waals surface area contributed by atoms with Crippen LogP contribution < -0.4 is 10.0 Å². The lowest BCUT2D eigenvalue weighted by atomic mass is 10.1. The number of imidazole rings is 1. The van der Waals surface area contributed by atoms with Crippen molar-refractivity contribution < 1.29 is 56.0 Å². The summed E-state index contributed by atoms with van der Waals surface area (Å²) in [6, 6.07) is 7.28. The number of nitrogens with one attached hydrogen (secondary N) is 2. The molecule has 1 aromatic carbocycles. The molecule has 0 aliphatic carbocycles. The van der Waals surface area contributed by atoms with Gasteiger partial charge in [-0.25, -0.2) is 32.7 Å². The Morgan fingerprint density at radius 1 is 0.842 bits per heavy atom. The lowest BCUT2D eigenvalue weighted by Crippen LogP contribution is -2.46. The third kappa shape index (κ3) is 16.6. The van der Waals surface area contributed by atoms with Gasteiger partial charge < -0.3 is 38.3 Å². The van der Waals surface area contributed by atoms with E-state index in [1.54, 1.807) is 26.0 Å². The Kier molecular flexibility index (Phi) is 19.7. The van der Waals surface area contributed by atoms with Crippen molar-refractivity contribution in [1.29, 1.82) is 0 Å². The molecule has 1 amide bonds. The van der Waals surface area contributed by atoms with E-state index in [4.69, 9.17) is 33.4 Å². The highest BCUT2D eigenvalue weighted by Crippen LogP contribution is 2.31. The van der Waals surface area contributed by atoms with Crippen LogP contribution in [0, 0.1) is 0 Å². The van der Waals surface area contributed by atoms with Gasteiger partial charge in [-0.1, -0.05) is 57.7 Å². The summed E-state index contributed by atoms with van der Waals surface area (Å²) in [6.07, 6.45) is 5.83. The Labute approximate surface area is 334 Å². The van der Waals surface area contributed by atoms with Gasteiger partial charge in [-0.15, -0.1) is 0 Å². The van der Waals surface area contributed by atoms with Gasteiger partial charge in [0.15, 0.2) is 11.9 Å². The Bertz CT molecular complexity index is 1880. The second-order valence-corrected chi connectivity index (χ2v) is 15.9. The summed E-state index contributed by atoms with van der Waals surface area (Å²) in [4.78, 5) is 59.7. The molecule has 0 aliphatic rings. The second-order valence-electron chi connectivity index (χ2n) is 14.2. The molecule has 318 valence electrons. The van der Waals surface area contributed by atoms with Crippen LogP contribution in [-0.4, -0.2) is 111 Å². The summed E-state index contributed by atoms with van der Waals surface area (Å²) in [5.41, 5.74) is 0.591. The maximum Gasteiger partial charge on any atom is 0.347 e. The molecule has 0 saturated carbocycles. The van der Waals surface area contributed by atoms with E-state index in [1.807, 2.05) is 30.5 Å². The number of carbonyl (C=O) groups excluding carboxylic acids is 4. The number of esters is 3. The third-order valence-electron chi connectivity index (χ3n) is 8.38. The number of aromatic nitrogens is 3. The minimum absolute atomic E-state index is 0.0667. The van der Waals surface area contributed by atoms with Crippen LogP contribution in [0.25, 0.3) is 21.9 Å². The van der Waals surface area contributed by atoms with Crippen molar-refractivity contribution in [3.8, 4) is 0 Å². The fraction of sp³-hybridized carbons (Fsp3) is 0.641. The number of fused-ring (bicyclic) bond motifs is 3. The van der Waals surface area contributed by atoms with Crippen molar-refractivity contribution in [2.45, 2.75) is 111 Å². The molecule has 3 aromatic rings. The molecule has 0 radical (unpaired) electrons. The van der Waals surface area contributed by atoms with Gasteiger partial charge in [0.25, 0.3) is 5.91 Å². The van der Waals surface area contributed by atoms with Crippen LogP contribution in [0.3, 0.4) is 0 Å². The molecule has 1 atom stereocenters. The molecule has 2 heterocycles. The highest BCUT2D eigenvalue weighted by molar-refractivity contribution is 7.88. The number of sulfonamides is 1. The number of ether oxygens (including phenoxy) is 6. The molecule has 17 nitrogen and oxygen atoms in total. The maximum atomic E-state index is 13.1. The highest BCUT2D eigenvalue weighted by atomic mass is 32.2. The van der Waals surface area contributed by atoms with Gasteiger partial charge in [0, 0.05) is 30.5 Å². The summed E-state index contributed by atoms with van der Waals surface area (Å²) in [7, 11) is -3.55. The zero-order valence-electron chi connectivity index (χ0n) is 34.1. The molecule has 2 aromatic heterocycles. The molecule has 18 heteroatoms. The van der Waals surface area contributed by atoms with Crippen molar-refractivity contribution in [2.24, 2.45) is 0 Å². The number of unbranched alkanes of at least 4 members (excludes halogenated alkanes) is 4. The van der Waals surface area contributed by atoms with Crippen LogP contribution in [-0.2, 0) is 70.8 Å². The topological polar surface area (TPSA) is 213 Å². The van der Waals surface area contributed by atoms with E-state index in [1.165, 1.54) is 0 Å². The van der Waals surface area contributed by atoms with Gasteiger partial charge in [-0.2, -0.15) is 0 Å². The molecular weight excluding hydrogens is 763 g/mol. The van der Waals surface area contributed by atoms with Gasteiger partial charge >= 0.3 is 17.9 Å². The van der Waals surface area contributed by atoms with Crippen molar-refractivity contribution in [2.75, 3.05) is 57.8 Å². The quantitative estimate of drug-likeness (QED) is 0.0584. The molecule has 3 rings (SSSR count). The molecule has 0 fully saturated rings. The molecule has 1 unspecified atom stereocenters. The first-order valence-electron chi connectivity index (χ1n) is 19.5. The number of para-hydroxylation sites is 1. The molecule has 0 spiro atoms. The Balaban J connectivity index is 1.58. The van der Waals surface area contributed by atoms with E-state index in [-0.39, 0.29) is 57.8 Å². The number of amides is 1. The fourth-order valence-electron chi connectivity index (χ4n) is 5.95. The predicted octanol–water partition coefficient (Wildman–Crippen LogP) is 4.58. The van der Waals surface area contributed by atoms with Crippen molar-refractivity contribution in [3.05, 3.63) is 30.1 Å². The minimum Gasteiger partial charge on any atom is -0.463 e. The van der Waals surface area contributed by atoms with Gasteiger partial charge in [0.1, 0.15) is 44.4 Å². The van der Waals surface area contributed by atoms with E-state index in [9.17, 15) is 27.6 Å². The number of anilines is 1. The van der Waals surface area contributed by atoms with E-state index in [0.29, 0.717) is 41.8 Å². The lowest BCUT2D eigenvalue weighted by molar-refractivity contribution is -0.172. The zero-order chi connectivity index (χ0) is 41.8. The van der Waals surface area contributed by atoms with E-state index >= 15 is 0 Å². The summed E-state index contributed by atoms with van der Waals surface area (Å²) < 4.78 is 61.0. The van der Waals surface area contributed by atoms with Crippen LogP contribution in [0.4, 0.5) is 5.82 Å². The van der Waals surface area contributed by atoms with Gasteiger partial charge in [-0.05, 0) is 46.1 Å². The number of carbonyl (C=O) groups is 4. The second kappa shape index (κ2) is 23.9. The number of hydrogen-bond donors (Lipinski definition) is 2. The first-order valence-corrected chi connectivity index (χ1v) is 21.4. The Hall–Kier alpha value is -4.23. The number of rotatable bonds is 28. The standard InChI is InChI=1S/C39H59N5O12S/c1-7-10-12-13-19-33(46)54-22-20-52-21-23-55-38(48)30(18-11-8-2)56-34(47)26-53-25-32(45)42-37-35-36(28-16-14-15-17-29(28)40-37)44(31(41-35)24-51-9-3)27-39(4,5)43-57(6,49)50/h14-17,30,43H,7-13,18-27H2,1-6H3,(H,40,42,45). The molecule has 0 aliphatic heterocycles. The van der Waals surface area contributed by atoms with Crippen molar-refractivity contribution in [1.82, 2.24) is 19.3 Å². The van der Waals surface area contributed by atoms with Crippen molar-refractivity contribution >= 4 is 61.6 Å². The third-order valence-corrected chi connectivity index (χ3v) is 9.30. The fourth-order valence-corrected chi connectivity index (χ4v) is 7.02. The molecule has 57 heavy (non-hydrogen) atoms. The van der Waals surface area contributed by atoms with Gasteiger partial charge in [0.2, 0.25) is 10.0 Å². The first kappa shape index (κ1) is 47.1.